The van der Waals surface area contributed by atoms with Gasteiger partial charge in [-0.3, -0.25) is 0 Å². The molecule has 3 aromatic rings. The number of rotatable bonds is 8. The lowest BCUT2D eigenvalue weighted by Crippen LogP contribution is -2.11. The quantitative estimate of drug-likeness (QED) is 0.539. The van der Waals surface area contributed by atoms with Gasteiger partial charge in [0.05, 0.1) is 18.9 Å². The highest BCUT2D eigenvalue weighted by atomic mass is 32.2. The fraction of sp³-hybridized carbons (Fsp3) is 0.235. The molecule has 0 aliphatic heterocycles. The summed E-state index contributed by atoms with van der Waals surface area (Å²) in [7, 11) is -4.07. The second-order valence-electron chi connectivity index (χ2n) is 5.26. The summed E-state index contributed by atoms with van der Waals surface area (Å²) in [4.78, 5) is -0.0396. The maximum Gasteiger partial charge on any atom is 0.339 e. The van der Waals surface area contributed by atoms with Crippen LogP contribution in [0.4, 0.5) is 0 Å². The normalized spacial score (nSPS) is 11.2. The molecule has 0 fully saturated rings. The van der Waals surface area contributed by atoms with Crippen LogP contribution in [-0.2, 0) is 10.1 Å². The molecule has 1 heterocycles. The van der Waals surface area contributed by atoms with E-state index in [0.29, 0.717) is 30.4 Å². The van der Waals surface area contributed by atoms with Crippen molar-refractivity contribution >= 4 is 10.1 Å². The zero-order valence-electron chi connectivity index (χ0n) is 14.8. The molecule has 0 bridgehead atoms. The van der Waals surface area contributed by atoms with Crippen LogP contribution in [0, 0.1) is 0 Å². The van der Waals surface area contributed by atoms with Gasteiger partial charge >= 0.3 is 10.1 Å². The van der Waals surface area contributed by atoms with Gasteiger partial charge in [-0.25, -0.2) is 4.68 Å². The van der Waals surface area contributed by atoms with Gasteiger partial charge in [0.1, 0.15) is 17.0 Å². The highest BCUT2D eigenvalue weighted by molar-refractivity contribution is 7.87. The van der Waals surface area contributed by atoms with Crippen LogP contribution in [0.3, 0.4) is 0 Å². The molecule has 2 aromatic carbocycles. The van der Waals surface area contributed by atoms with E-state index < -0.39 is 10.1 Å². The molecule has 9 nitrogen and oxygen atoms in total. The van der Waals surface area contributed by atoms with Gasteiger partial charge < -0.3 is 13.7 Å². The van der Waals surface area contributed by atoms with Gasteiger partial charge in [-0.1, -0.05) is 6.07 Å². The maximum atomic E-state index is 12.7. The smallest absolute Gasteiger partial charge is 0.339 e. The van der Waals surface area contributed by atoms with Crippen LogP contribution < -0.4 is 13.7 Å². The lowest BCUT2D eigenvalue weighted by molar-refractivity contribution is 0.287. The first-order chi connectivity index (χ1) is 13.0. The van der Waals surface area contributed by atoms with Crippen molar-refractivity contribution < 1.29 is 22.1 Å². The van der Waals surface area contributed by atoms with Gasteiger partial charge in [0.2, 0.25) is 0 Å². The van der Waals surface area contributed by atoms with Crippen molar-refractivity contribution in [2.45, 2.75) is 18.7 Å². The molecule has 0 N–H and O–H groups in total. The van der Waals surface area contributed by atoms with Crippen LogP contribution in [0.5, 0.6) is 17.2 Å². The number of nitrogens with zero attached hydrogens (tertiary/aromatic N) is 4. The minimum atomic E-state index is -4.07. The molecule has 0 aliphatic carbocycles. The zero-order chi connectivity index (χ0) is 19.3. The van der Waals surface area contributed by atoms with E-state index in [9.17, 15) is 8.42 Å². The van der Waals surface area contributed by atoms with Crippen molar-refractivity contribution in [1.29, 1.82) is 0 Å². The number of hydrogen-bond donors (Lipinski definition) is 0. The summed E-state index contributed by atoms with van der Waals surface area (Å²) in [5, 5.41) is 10.9. The Labute approximate surface area is 156 Å². The Bertz CT molecular complexity index is 1010. The number of benzene rings is 2. The topological polar surface area (TPSA) is 105 Å². The van der Waals surface area contributed by atoms with Crippen molar-refractivity contribution in [3.05, 3.63) is 48.8 Å². The van der Waals surface area contributed by atoms with E-state index in [-0.39, 0.29) is 10.6 Å². The second-order valence-corrected chi connectivity index (χ2v) is 6.81. The Hall–Kier alpha value is -3.14. The van der Waals surface area contributed by atoms with Crippen LogP contribution in [0.2, 0.25) is 0 Å². The van der Waals surface area contributed by atoms with Crippen LogP contribution in [0.25, 0.3) is 5.69 Å². The molecule has 0 saturated carbocycles. The van der Waals surface area contributed by atoms with E-state index in [1.54, 1.807) is 25.1 Å². The summed E-state index contributed by atoms with van der Waals surface area (Å²) < 4.78 is 42.9. The van der Waals surface area contributed by atoms with Gasteiger partial charge in [0.25, 0.3) is 0 Å². The Morgan fingerprint density at radius 3 is 2.48 bits per heavy atom. The molecule has 3 rings (SSSR count). The van der Waals surface area contributed by atoms with Crippen LogP contribution in [0.15, 0.2) is 53.7 Å². The SMILES string of the molecule is CCOc1ccc(S(=O)(=O)Oc2cccc(-n3cnnn3)c2)cc1OCC. The second kappa shape index (κ2) is 8.04. The molecule has 10 heteroatoms. The van der Waals surface area contributed by atoms with Gasteiger partial charge in [0, 0.05) is 12.1 Å². The lowest BCUT2D eigenvalue weighted by Gasteiger charge is -2.13. The largest absolute Gasteiger partial charge is 0.490 e. The van der Waals surface area contributed by atoms with Crippen molar-refractivity contribution in [2.75, 3.05) is 13.2 Å². The monoisotopic (exact) mass is 390 g/mol. The molecule has 1 aromatic heterocycles. The predicted molar refractivity (Wildman–Crippen MR) is 95.7 cm³/mol. The molecule has 27 heavy (non-hydrogen) atoms. The van der Waals surface area contributed by atoms with E-state index in [2.05, 4.69) is 15.5 Å². The number of tetrazole rings is 1. The van der Waals surface area contributed by atoms with Crippen molar-refractivity contribution in [1.82, 2.24) is 20.2 Å². The van der Waals surface area contributed by atoms with E-state index in [1.165, 1.54) is 35.3 Å². The molecular formula is C17H18N4O5S. The molecule has 0 amide bonds. The fourth-order valence-electron chi connectivity index (χ4n) is 2.32. The summed E-state index contributed by atoms with van der Waals surface area (Å²) in [5.74, 6) is 0.945. The number of aromatic nitrogens is 4. The molecule has 0 spiro atoms. The van der Waals surface area contributed by atoms with Crippen molar-refractivity contribution in [3.8, 4) is 22.9 Å². The summed E-state index contributed by atoms with van der Waals surface area (Å²) in [6.45, 7) is 4.45. The zero-order valence-corrected chi connectivity index (χ0v) is 15.6. The first kappa shape index (κ1) is 18.6. The fourth-order valence-corrected chi connectivity index (χ4v) is 3.26. The Balaban J connectivity index is 1.89. The predicted octanol–water partition coefficient (Wildman–Crippen LogP) is 2.23. The summed E-state index contributed by atoms with van der Waals surface area (Å²) in [6.07, 6.45) is 1.40. The molecule has 0 unspecified atom stereocenters. The number of hydrogen-bond acceptors (Lipinski definition) is 8. The van der Waals surface area contributed by atoms with E-state index in [0.717, 1.165) is 0 Å². The highest BCUT2D eigenvalue weighted by Gasteiger charge is 2.20. The Morgan fingerprint density at radius 2 is 1.78 bits per heavy atom. The average Bonchev–Trinajstić information content (AvgIpc) is 3.18. The third kappa shape index (κ3) is 4.34. The van der Waals surface area contributed by atoms with Gasteiger partial charge in [-0.15, -0.1) is 5.10 Å². The molecular weight excluding hydrogens is 372 g/mol. The number of ether oxygens (including phenoxy) is 2. The first-order valence-corrected chi connectivity index (χ1v) is 9.62. The third-order valence-electron chi connectivity index (χ3n) is 3.44. The summed E-state index contributed by atoms with van der Waals surface area (Å²) in [6, 6.07) is 10.8. The Morgan fingerprint density at radius 1 is 1.00 bits per heavy atom. The maximum absolute atomic E-state index is 12.7. The van der Waals surface area contributed by atoms with Gasteiger partial charge in [0.15, 0.2) is 11.5 Å². The third-order valence-corrected chi connectivity index (χ3v) is 4.68. The van der Waals surface area contributed by atoms with E-state index in [4.69, 9.17) is 13.7 Å². The average molecular weight is 390 g/mol. The highest BCUT2D eigenvalue weighted by Crippen LogP contribution is 2.31. The summed E-state index contributed by atoms with van der Waals surface area (Å²) in [5.41, 5.74) is 0.564. The molecule has 0 aliphatic rings. The van der Waals surface area contributed by atoms with E-state index >= 15 is 0 Å². The minimum absolute atomic E-state index is 0.0396. The standard InChI is InChI=1S/C17H18N4O5S/c1-3-24-16-9-8-15(11-17(16)25-4-2)27(22,23)26-14-7-5-6-13(10-14)21-12-18-19-20-21/h5-12H,3-4H2,1-2H3. The minimum Gasteiger partial charge on any atom is -0.490 e. The molecule has 0 atom stereocenters. The lowest BCUT2D eigenvalue weighted by atomic mass is 10.3. The first-order valence-electron chi connectivity index (χ1n) is 8.21. The van der Waals surface area contributed by atoms with Crippen LogP contribution in [0.1, 0.15) is 13.8 Å². The summed E-state index contributed by atoms with van der Waals surface area (Å²) >= 11 is 0. The Kier molecular flexibility index (Phi) is 5.55. The van der Waals surface area contributed by atoms with Crippen LogP contribution in [-0.4, -0.2) is 41.8 Å². The molecule has 0 radical (unpaired) electrons. The van der Waals surface area contributed by atoms with Crippen molar-refractivity contribution in [3.63, 3.8) is 0 Å². The van der Waals surface area contributed by atoms with E-state index in [1.807, 2.05) is 6.92 Å². The molecule has 142 valence electrons. The van der Waals surface area contributed by atoms with Crippen LogP contribution >= 0.6 is 0 Å². The van der Waals surface area contributed by atoms with Crippen molar-refractivity contribution in [2.24, 2.45) is 0 Å². The molecule has 0 saturated heterocycles. The van der Waals surface area contributed by atoms with Gasteiger partial charge in [-0.05, 0) is 48.5 Å². The van der Waals surface area contributed by atoms with Gasteiger partial charge in [-0.2, -0.15) is 8.42 Å².